The fourth-order valence-electron chi connectivity index (χ4n) is 3.65. The van der Waals surface area contributed by atoms with Crippen molar-refractivity contribution in [2.24, 2.45) is 5.92 Å². The molecule has 1 aliphatic carbocycles. The zero-order chi connectivity index (χ0) is 25.9. The Bertz CT molecular complexity index is 1290. The second-order valence-electron chi connectivity index (χ2n) is 8.79. The highest BCUT2D eigenvalue weighted by atomic mass is 35.5. The number of rotatable bonds is 7. The van der Waals surface area contributed by atoms with Crippen LogP contribution in [0.25, 0.3) is 5.69 Å². The molecule has 4 rings (SSSR count). The number of halogens is 1. The highest BCUT2D eigenvalue weighted by Gasteiger charge is 2.31. The molecule has 10 heteroatoms. The van der Waals surface area contributed by atoms with Gasteiger partial charge in [-0.3, -0.25) is 14.6 Å². The van der Waals surface area contributed by atoms with Crippen molar-refractivity contribution >= 4 is 17.5 Å². The summed E-state index contributed by atoms with van der Waals surface area (Å²) in [5.74, 6) is 0.495. The summed E-state index contributed by atoms with van der Waals surface area (Å²) in [6, 6.07) is 1.45. The Kier molecular flexibility index (Phi) is 8.34. The molecule has 3 N–H and O–H groups in total. The second-order valence-corrected chi connectivity index (χ2v) is 9.20. The van der Waals surface area contributed by atoms with Gasteiger partial charge in [-0.1, -0.05) is 52.3 Å². The van der Waals surface area contributed by atoms with Crippen molar-refractivity contribution in [2.75, 3.05) is 13.6 Å². The molecule has 2 aromatic rings. The van der Waals surface area contributed by atoms with Crippen LogP contribution in [0.3, 0.4) is 0 Å². The molecule has 1 aliphatic heterocycles. The lowest BCUT2D eigenvalue weighted by Gasteiger charge is -2.27. The first-order valence-corrected chi connectivity index (χ1v) is 12.1. The van der Waals surface area contributed by atoms with Crippen molar-refractivity contribution in [3.63, 3.8) is 0 Å². The van der Waals surface area contributed by atoms with Crippen molar-refractivity contribution in [3.8, 4) is 11.4 Å². The molecular formula is C25H32ClN5O4. The molecule has 1 amide bonds. The van der Waals surface area contributed by atoms with E-state index in [1.54, 1.807) is 19.2 Å². The second kappa shape index (κ2) is 11.0. The summed E-state index contributed by atoms with van der Waals surface area (Å²) in [5.41, 5.74) is 1.91. The van der Waals surface area contributed by atoms with Gasteiger partial charge < -0.3 is 15.4 Å². The van der Waals surface area contributed by atoms with Crippen LogP contribution < -0.4 is 26.6 Å². The fourth-order valence-corrected chi connectivity index (χ4v) is 3.91. The van der Waals surface area contributed by atoms with Crippen LogP contribution in [0.2, 0.25) is 5.02 Å². The largest absolute Gasteiger partial charge is 0.456 e. The van der Waals surface area contributed by atoms with Crippen LogP contribution in [-0.4, -0.2) is 34.3 Å². The lowest BCUT2D eigenvalue weighted by molar-refractivity contribution is -0.117. The number of carbonyl (C=O) groups excluding carboxylic acids is 1. The molecule has 1 aromatic heterocycles. The van der Waals surface area contributed by atoms with E-state index < -0.39 is 11.2 Å². The van der Waals surface area contributed by atoms with Gasteiger partial charge in [0.25, 0.3) is 5.56 Å². The van der Waals surface area contributed by atoms with E-state index in [4.69, 9.17) is 16.3 Å². The number of fused-ring (bicyclic) bond motifs is 1. The fraction of sp³-hybridized carbons (Fsp3) is 0.440. The number of likely N-dealkylation sites (N-methyl/N-ethyl adjacent to an activating group) is 1. The van der Waals surface area contributed by atoms with Gasteiger partial charge in [-0.05, 0) is 36.5 Å². The first-order valence-electron chi connectivity index (χ1n) is 11.7. The molecular weight excluding hydrogens is 470 g/mol. The normalized spacial score (nSPS) is 16.0. The standard InChI is InChI=1S/C22H24ClN5O4.C3H8/c1-10(2)14(20(29)24-4)7-11(3)32-19-13-6-5-12(13)17(8-15(19)23)28-22(31)26-21(30)18(27-28)16-9-25-16;1-3-2/h7-8,10,16,25H,3,5-6,9H2,1-2,4H3,(H,24,29)(H,26,30,31);3H2,1-2H3/b14-7-;. The lowest BCUT2D eigenvalue weighted by Crippen LogP contribution is -2.35. The Labute approximate surface area is 209 Å². The van der Waals surface area contributed by atoms with Crippen LogP contribution in [0.4, 0.5) is 0 Å². The molecule has 1 aromatic carbocycles. The topological polar surface area (TPSA) is 128 Å². The predicted octanol–water partition coefficient (Wildman–Crippen LogP) is 2.95. The third-order valence-electron chi connectivity index (χ3n) is 5.53. The number of aromatic nitrogens is 3. The van der Waals surface area contributed by atoms with Crippen molar-refractivity contribution in [1.29, 1.82) is 0 Å². The molecule has 188 valence electrons. The van der Waals surface area contributed by atoms with E-state index in [0.29, 0.717) is 36.4 Å². The van der Waals surface area contributed by atoms with E-state index in [1.165, 1.54) is 11.1 Å². The first-order chi connectivity index (χ1) is 16.6. The molecule has 0 spiro atoms. The summed E-state index contributed by atoms with van der Waals surface area (Å²) >= 11 is 6.53. The van der Waals surface area contributed by atoms with Crippen LogP contribution in [0.5, 0.6) is 5.75 Å². The maximum atomic E-state index is 12.5. The number of H-pyrrole nitrogens is 1. The molecule has 1 unspecified atom stereocenters. The van der Waals surface area contributed by atoms with E-state index in [2.05, 4.69) is 41.1 Å². The van der Waals surface area contributed by atoms with Gasteiger partial charge in [0.2, 0.25) is 5.91 Å². The average molecular weight is 502 g/mol. The Morgan fingerprint density at radius 2 is 1.97 bits per heavy atom. The number of amides is 1. The van der Waals surface area contributed by atoms with Gasteiger partial charge in [-0.2, -0.15) is 9.78 Å². The van der Waals surface area contributed by atoms with Crippen molar-refractivity contribution in [1.82, 2.24) is 25.4 Å². The van der Waals surface area contributed by atoms with Gasteiger partial charge >= 0.3 is 5.69 Å². The molecule has 0 saturated carbocycles. The molecule has 2 heterocycles. The van der Waals surface area contributed by atoms with Crippen molar-refractivity contribution in [2.45, 2.75) is 53.0 Å². The maximum absolute atomic E-state index is 12.5. The molecule has 1 fully saturated rings. The Morgan fingerprint density at radius 1 is 1.34 bits per heavy atom. The monoisotopic (exact) mass is 501 g/mol. The minimum atomic E-state index is -0.627. The lowest BCUT2D eigenvalue weighted by atomic mass is 9.86. The van der Waals surface area contributed by atoms with E-state index in [-0.39, 0.29) is 34.3 Å². The quantitative estimate of drug-likeness (QED) is 0.231. The summed E-state index contributed by atoms with van der Waals surface area (Å²) in [6.45, 7) is 12.6. The maximum Gasteiger partial charge on any atom is 0.349 e. The Morgan fingerprint density at radius 3 is 2.49 bits per heavy atom. The SMILES string of the molecule is C=C(/C=C(\C(=O)NC)C(C)C)Oc1c(Cl)cc(-n2nc(C3CN3)c(=O)[nH]c2=O)c2c1CC2.CCC. The Balaban J connectivity index is 0.00000108. The summed E-state index contributed by atoms with van der Waals surface area (Å²) in [4.78, 5) is 39.0. The van der Waals surface area contributed by atoms with Gasteiger partial charge in [-0.25, -0.2) is 4.79 Å². The van der Waals surface area contributed by atoms with Gasteiger partial charge in [0.1, 0.15) is 17.2 Å². The van der Waals surface area contributed by atoms with Gasteiger partial charge in [0.05, 0.1) is 16.8 Å². The van der Waals surface area contributed by atoms with E-state index in [1.807, 2.05) is 13.8 Å². The summed E-state index contributed by atoms with van der Waals surface area (Å²) < 4.78 is 7.12. The number of hydrogen-bond acceptors (Lipinski definition) is 6. The first kappa shape index (κ1) is 26.4. The number of hydrogen-bond donors (Lipinski definition) is 3. The Hall–Kier alpha value is -3.17. The zero-order valence-corrected chi connectivity index (χ0v) is 21.5. The number of nitrogens with zero attached hydrogens (tertiary/aromatic N) is 2. The number of carbonyl (C=O) groups is 1. The summed E-state index contributed by atoms with van der Waals surface area (Å²) in [7, 11) is 1.57. The third-order valence-corrected chi connectivity index (χ3v) is 5.81. The number of allylic oxidation sites excluding steroid dienone is 1. The smallest absolute Gasteiger partial charge is 0.349 e. The molecule has 0 bridgehead atoms. The van der Waals surface area contributed by atoms with Gasteiger partial charge in [-0.15, -0.1) is 0 Å². The molecule has 35 heavy (non-hydrogen) atoms. The van der Waals surface area contributed by atoms with Crippen molar-refractivity contribution < 1.29 is 9.53 Å². The minimum absolute atomic E-state index is 0.0237. The van der Waals surface area contributed by atoms with E-state index in [0.717, 1.165) is 11.1 Å². The van der Waals surface area contributed by atoms with Gasteiger partial charge in [0, 0.05) is 24.7 Å². The van der Waals surface area contributed by atoms with Crippen LogP contribution in [0, 0.1) is 5.92 Å². The number of nitrogens with one attached hydrogen (secondary N) is 3. The third kappa shape index (κ3) is 5.74. The molecule has 9 nitrogen and oxygen atoms in total. The van der Waals surface area contributed by atoms with Crippen LogP contribution >= 0.6 is 11.6 Å². The van der Waals surface area contributed by atoms with E-state index in [9.17, 15) is 14.4 Å². The van der Waals surface area contributed by atoms with Gasteiger partial charge in [0.15, 0.2) is 0 Å². The number of benzene rings is 1. The highest BCUT2D eigenvalue weighted by Crippen LogP contribution is 2.42. The summed E-state index contributed by atoms with van der Waals surface area (Å²) in [6.07, 6.45) is 4.26. The number of ether oxygens (including phenoxy) is 1. The van der Waals surface area contributed by atoms with Crippen LogP contribution in [-0.2, 0) is 17.6 Å². The summed E-state index contributed by atoms with van der Waals surface area (Å²) in [5, 5.41) is 10.2. The van der Waals surface area contributed by atoms with E-state index >= 15 is 0 Å². The molecule has 0 radical (unpaired) electrons. The zero-order valence-electron chi connectivity index (χ0n) is 20.8. The minimum Gasteiger partial charge on any atom is -0.456 e. The highest BCUT2D eigenvalue weighted by molar-refractivity contribution is 6.32. The predicted molar refractivity (Wildman–Crippen MR) is 136 cm³/mol. The molecule has 1 atom stereocenters. The van der Waals surface area contributed by atoms with Crippen LogP contribution in [0.1, 0.15) is 57.0 Å². The van der Waals surface area contributed by atoms with Crippen molar-refractivity contribution in [3.05, 3.63) is 72.7 Å². The average Bonchev–Trinajstić information content (AvgIpc) is 3.60. The van der Waals surface area contributed by atoms with Crippen LogP contribution in [0.15, 0.2) is 39.6 Å². The molecule has 1 saturated heterocycles. The molecule has 2 aliphatic rings. The number of aromatic amines is 1.